The molecule has 0 unspecified atom stereocenters. The van der Waals surface area contributed by atoms with Crippen LogP contribution in [0.2, 0.25) is 0 Å². The smallest absolute Gasteiger partial charge is 0.227 e. The fraction of sp³-hybridized carbons (Fsp3) is 0.556. The van der Waals surface area contributed by atoms with Crippen LogP contribution < -0.4 is 5.32 Å². The first-order chi connectivity index (χ1) is 11.1. The molecule has 130 valence electrons. The molecule has 0 bridgehead atoms. The molecule has 0 spiro atoms. The number of hydrogen-bond donors (Lipinski definition) is 1. The molecule has 0 fully saturated rings. The molecule has 0 radical (unpaired) electrons. The maximum Gasteiger partial charge on any atom is 0.227 e. The standard InChI is InChI=1S/C18H26N4O2/c1-17(2,3)12-18(4,5)21-14(23)6-7-15-20-16(22-24-15)13-8-10-19-11-9-13/h8-11H,6-7,12H2,1-5H3,(H,21,23). The molecule has 1 N–H and O–H groups in total. The Hall–Kier alpha value is -2.24. The first-order valence-electron chi connectivity index (χ1n) is 8.19. The molecule has 0 aliphatic heterocycles. The minimum atomic E-state index is -0.244. The summed E-state index contributed by atoms with van der Waals surface area (Å²) in [6.45, 7) is 10.6. The Morgan fingerprint density at radius 3 is 2.46 bits per heavy atom. The average molecular weight is 330 g/mol. The summed E-state index contributed by atoms with van der Waals surface area (Å²) in [5, 5.41) is 7.03. The van der Waals surface area contributed by atoms with Crippen molar-refractivity contribution in [1.29, 1.82) is 0 Å². The Morgan fingerprint density at radius 1 is 1.17 bits per heavy atom. The van der Waals surface area contributed by atoms with Crippen LogP contribution in [0.15, 0.2) is 29.0 Å². The van der Waals surface area contributed by atoms with Gasteiger partial charge in [-0.1, -0.05) is 25.9 Å². The van der Waals surface area contributed by atoms with Crippen molar-refractivity contribution in [1.82, 2.24) is 20.4 Å². The molecule has 2 aromatic heterocycles. The molecule has 6 nitrogen and oxygen atoms in total. The lowest BCUT2D eigenvalue weighted by molar-refractivity contribution is -0.123. The largest absolute Gasteiger partial charge is 0.351 e. The molecule has 2 aromatic rings. The summed E-state index contributed by atoms with van der Waals surface area (Å²) in [5.41, 5.74) is 0.755. The third-order valence-corrected chi connectivity index (χ3v) is 3.42. The van der Waals surface area contributed by atoms with Gasteiger partial charge in [0.25, 0.3) is 0 Å². The third-order valence-electron chi connectivity index (χ3n) is 3.42. The molecule has 0 saturated heterocycles. The number of amides is 1. The fourth-order valence-corrected chi connectivity index (χ4v) is 3.01. The van der Waals surface area contributed by atoms with Crippen LogP contribution in [0.4, 0.5) is 0 Å². The van der Waals surface area contributed by atoms with Gasteiger partial charge in [0, 0.05) is 36.3 Å². The van der Waals surface area contributed by atoms with Gasteiger partial charge >= 0.3 is 0 Å². The maximum absolute atomic E-state index is 12.2. The van der Waals surface area contributed by atoms with Crippen LogP contribution in [-0.4, -0.2) is 26.6 Å². The first kappa shape index (κ1) is 18.1. The van der Waals surface area contributed by atoms with Crippen molar-refractivity contribution in [3.63, 3.8) is 0 Å². The van der Waals surface area contributed by atoms with Gasteiger partial charge in [0.15, 0.2) is 0 Å². The van der Waals surface area contributed by atoms with E-state index in [9.17, 15) is 4.79 Å². The number of nitrogens with one attached hydrogen (secondary N) is 1. The van der Waals surface area contributed by atoms with E-state index >= 15 is 0 Å². The van der Waals surface area contributed by atoms with Gasteiger partial charge in [-0.05, 0) is 37.8 Å². The number of carbonyl (C=O) groups excluding carboxylic acids is 1. The molecule has 0 aliphatic carbocycles. The highest BCUT2D eigenvalue weighted by molar-refractivity contribution is 5.76. The highest BCUT2D eigenvalue weighted by atomic mass is 16.5. The first-order valence-corrected chi connectivity index (χ1v) is 8.19. The normalized spacial score (nSPS) is 12.2. The number of pyridine rings is 1. The van der Waals surface area contributed by atoms with Gasteiger partial charge in [0.05, 0.1) is 0 Å². The molecule has 24 heavy (non-hydrogen) atoms. The number of aryl methyl sites for hydroxylation is 1. The van der Waals surface area contributed by atoms with Crippen molar-refractivity contribution in [2.75, 3.05) is 0 Å². The maximum atomic E-state index is 12.2. The van der Waals surface area contributed by atoms with Crippen molar-refractivity contribution in [2.45, 2.75) is 59.4 Å². The van der Waals surface area contributed by atoms with E-state index in [-0.39, 0.29) is 16.9 Å². The molecular weight excluding hydrogens is 304 g/mol. The highest BCUT2D eigenvalue weighted by Gasteiger charge is 2.27. The van der Waals surface area contributed by atoms with Gasteiger partial charge in [-0.25, -0.2) is 0 Å². The van der Waals surface area contributed by atoms with Crippen molar-refractivity contribution in [3.8, 4) is 11.4 Å². The highest BCUT2D eigenvalue weighted by Crippen LogP contribution is 2.26. The number of hydrogen-bond acceptors (Lipinski definition) is 5. The molecule has 2 rings (SSSR count). The number of rotatable bonds is 6. The zero-order chi connectivity index (χ0) is 17.8. The second kappa shape index (κ2) is 7.11. The minimum Gasteiger partial charge on any atom is -0.351 e. The van der Waals surface area contributed by atoms with Crippen molar-refractivity contribution in [3.05, 3.63) is 30.4 Å². The average Bonchev–Trinajstić information content (AvgIpc) is 2.92. The van der Waals surface area contributed by atoms with Crippen LogP contribution in [0.3, 0.4) is 0 Å². The zero-order valence-electron chi connectivity index (χ0n) is 15.1. The van der Waals surface area contributed by atoms with Crippen molar-refractivity contribution in [2.24, 2.45) is 5.41 Å². The summed E-state index contributed by atoms with van der Waals surface area (Å²) >= 11 is 0. The fourth-order valence-electron chi connectivity index (χ4n) is 3.01. The Bertz CT molecular complexity index is 672. The topological polar surface area (TPSA) is 80.9 Å². The van der Waals surface area contributed by atoms with E-state index < -0.39 is 0 Å². The summed E-state index contributed by atoms with van der Waals surface area (Å²) in [7, 11) is 0. The lowest BCUT2D eigenvalue weighted by atomic mass is 9.82. The Labute approximate surface area is 143 Å². The molecule has 0 aliphatic rings. The molecule has 0 atom stereocenters. The van der Waals surface area contributed by atoms with Gasteiger partial charge in [-0.2, -0.15) is 4.98 Å². The molecular formula is C18H26N4O2. The summed E-state index contributed by atoms with van der Waals surface area (Å²) in [6.07, 6.45) is 5.01. The van der Waals surface area contributed by atoms with Crippen molar-refractivity contribution >= 4 is 5.91 Å². The number of aromatic nitrogens is 3. The van der Waals surface area contributed by atoms with Gasteiger partial charge in [-0.3, -0.25) is 9.78 Å². The molecule has 6 heteroatoms. The lowest BCUT2D eigenvalue weighted by Crippen LogP contribution is -2.45. The molecule has 0 aromatic carbocycles. The summed E-state index contributed by atoms with van der Waals surface area (Å²) in [5.74, 6) is 0.972. The van der Waals surface area contributed by atoms with E-state index in [0.717, 1.165) is 12.0 Å². The minimum absolute atomic E-state index is 0.00656. The Kier molecular flexibility index (Phi) is 5.36. The van der Waals surface area contributed by atoms with E-state index in [2.05, 4.69) is 41.2 Å². The molecule has 1 amide bonds. The van der Waals surface area contributed by atoms with E-state index in [1.54, 1.807) is 12.4 Å². The van der Waals surface area contributed by atoms with Gasteiger partial charge in [0.1, 0.15) is 0 Å². The molecule has 0 saturated carbocycles. The van der Waals surface area contributed by atoms with E-state index in [4.69, 9.17) is 4.52 Å². The van der Waals surface area contributed by atoms with Gasteiger partial charge in [0.2, 0.25) is 17.6 Å². The quantitative estimate of drug-likeness (QED) is 0.878. The van der Waals surface area contributed by atoms with Crippen LogP contribution in [0.5, 0.6) is 0 Å². The number of carbonyl (C=O) groups is 1. The Balaban J connectivity index is 1.87. The SMILES string of the molecule is CC(C)(C)CC(C)(C)NC(=O)CCc1nc(-c2ccncc2)no1. The third kappa shape index (κ3) is 5.76. The van der Waals surface area contributed by atoms with Gasteiger partial charge in [-0.15, -0.1) is 0 Å². The second-order valence-electron chi connectivity index (χ2n) is 7.92. The van der Waals surface area contributed by atoms with Crippen LogP contribution in [0.25, 0.3) is 11.4 Å². The Morgan fingerprint density at radius 2 is 1.83 bits per heavy atom. The van der Waals surface area contributed by atoms with Crippen LogP contribution >= 0.6 is 0 Å². The van der Waals surface area contributed by atoms with E-state index in [0.29, 0.717) is 24.6 Å². The monoisotopic (exact) mass is 330 g/mol. The zero-order valence-corrected chi connectivity index (χ0v) is 15.1. The van der Waals surface area contributed by atoms with Crippen LogP contribution in [0.1, 0.15) is 53.4 Å². The van der Waals surface area contributed by atoms with Gasteiger partial charge < -0.3 is 9.84 Å². The molecule has 2 heterocycles. The van der Waals surface area contributed by atoms with E-state index in [1.165, 1.54) is 0 Å². The van der Waals surface area contributed by atoms with E-state index in [1.807, 2.05) is 26.0 Å². The lowest BCUT2D eigenvalue weighted by Gasteiger charge is -2.33. The summed E-state index contributed by atoms with van der Waals surface area (Å²) in [6, 6.07) is 3.63. The predicted molar refractivity (Wildman–Crippen MR) is 92.1 cm³/mol. The predicted octanol–water partition coefficient (Wildman–Crippen LogP) is 3.40. The number of nitrogens with zero attached hydrogens (tertiary/aromatic N) is 3. The summed E-state index contributed by atoms with van der Waals surface area (Å²) < 4.78 is 5.22. The van der Waals surface area contributed by atoms with Crippen LogP contribution in [0, 0.1) is 5.41 Å². The second-order valence-corrected chi connectivity index (χ2v) is 7.92. The summed E-state index contributed by atoms with van der Waals surface area (Å²) in [4.78, 5) is 20.5. The van der Waals surface area contributed by atoms with Crippen LogP contribution in [-0.2, 0) is 11.2 Å². The van der Waals surface area contributed by atoms with Crippen molar-refractivity contribution < 1.29 is 9.32 Å².